The van der Waals surface area contributed by atoms with Crippen molar-refractivity contribution in [3.8, 4) is 6.07 Å². The molecule has 0 atom stereocenters. The molecular weight excluding hydrogens is 192 g/mol. The first-order chi connectivity index (χ1) is 7.11. The summed E-state index contributed by atoms with van der Waals surface area (Å²) in [6.07, 6.45) is 0. The Hall–Kier alpha value is -2.28. The van der Waals surface area contributed by atoms with E-state index in [1.54, 1.807) is 6.07 Å². The predicted octanol–water partition coefficient (Wildman–Crippen LogP) is 2.05. The molecule has 15 heavy (non-hydrogen) atoms. The molecule has 0 amide bonds. The lowest BCUT2D eigenvalue weighted by Gasteiger charge is -1.95. The molecule has 1 aromatic heterocycles. The Bertz CT molecular complexity index is 590. The first-order valence-corrected chi connectivity index (χ1v) is 4.38. The number of rotatable bonds is 1. The number of aryl methyl sites for hydroxylation is 1. The molecule has 2 N–H and O–H groups in total. The molecule has 74 valence electrons. The van der Waals surface area contributed by atoms with E-state index < -0.39 is 5.97 Å². The Kier molecular flexibility index (Phi) is 1.94. The number of nitrogens with one attached hydrogen (secondary N) is 1. The summed E-state index contributed by atoms with van der Waals surface area (Å²) in [7, 11) is 0. The van der Waals surface area contributed by atoms with Crippen LogP contribution in [-0.4, -0.2) is 16.1 Å². The lowest BCUT2D eigenvalue weighted by molar-refractivity contribution is 0.0691. The topological polar surface area (TPSA) is 76.9 Å². The quantitative estimate of drug-likeness (QED) is 0.739. The zero-order chi connectivity index (χ0) is 11.0. The van der Waals surface area contributed by atoms with Crippen molar-refractivity contribution in [1.29, 1.82) is 5.26 Å². The summed E-state index contributed by atoms with van der Waals surface area (Å²) >= 11 is 0. The van der Waals surface area contributed by atoms with Crippen LogP contribution in [0.3, 0.4) is 0 Å². The minimum atomic E-state index is -1.02. The number of hydrogen-bond acceptors (Lipinski definition) is 2. The molecule has 1 heterocycles. The fourth-order valence-electron chi connectivity index (χ4n) is 1.59. The molecule has 0 bridgehead atoms. The Morgan fingerprint density at radius 3 is 2.80 bits per heavy atom. The van der Waals surface area contributed by atoms with E-state index >= 15 is 0 Å². The second-order valence-electron chi connectivity index (χ2n) is 3.37. The highest BCUT2D eigenvalue weighted by Crippen LogP contribution is 2.21. The lowest BCUT2D eigenvalue weighted by Crippen LogP contribution is -1.94. The summed E-state index contributed by atoms with van der Waals surface area (Å²) < 4.78 is 0. The number of carboxylic acid groups (broad SMARTS) is 1. The normalized spacial score (nSPS) is 10.1. The molecule has 1 aromatic carbocycles. The van der Waals surface area contributed by atoms with Gasteiger partial charge in [-0.05, 0) is 30.7 Å². The number of H-pyrrole nitrogens is 1. The Morgan fingerprint density at radius 2 is 2.20 bits per heavy atom. The van der Waals surface area contributed by atoms with Gasteiger partial charge in [-0.25, -0.2) is 4.79 Å². The highest BCUT2D eigenvalue weighted by Gasteiger charge is 2.10. The number of nitriles is 1. The third-order valence-electron chi connectivity index (χ3n) is 2.23. The smallest absolute Gasteiger partial charge is 0.352 e. The van der Waals surface area contributed by atoms with Gasteiger partial charge in [-0.3, -0.25) is 0 Å². The van der Waals surface area contributed by atoms with Crippen molar-refractivity contribution >= 4 is 16.9 Å². The van der Waals surface area contributed by atoms with Crippen molar-refractivity contribution in [2.75, 3.05) is 0 Å². The summed E-state index contributed by atoms with van der Waals surface area (Å²) in [4.78, 5) is 13.5. The van der Waals surface area contributed by atoms with Gasteiger partial charge in [-0.2, -0.15) is 5.26 Å². The average molecular weight is 200 g/mol. The first-order valence-electron chi connectivity index (χ1n) is 4.38. The van der Waals surface area contributed by atoms with Crippen LogP contribution in [0.25, 0.3) is 10.9 Å². The van der Waals surface area contributed by atoms with Gasteiger partial charge in [-0.1, -0.05) is 0 Å². The van der Waals surface area contributed by atoms with Crippen molar-refractivity contribution in [3.05, 3.63) is 35.0 Å². The number of aromatic nitrogens is 1. The number of benzene rings is 1. The first kappa shape index (κ1) is 9.28. The van der Waals surface area contributed by atoms with Crippen molar-refractivity contribution in [2.45, 2.75) is 6.92 Å². The average Bonchev–Trinajstić information content (AvgIpc) is 2.59. The van der Waals surface area contributed by atoms with Crippen LogP contribution >= 0.6 is 0 Å². The molecule has 0 aliphatic rings. The van der Waals surface area contributed by atoms with E-state index in [-0.39, 0.29) is 5.69 Å². The number of fused-ring (bicyclic) bond motifs is 1. The zero-order valence-electron chi connectivity index (χ0n) is 8.03. The third-order valence-corrected chi connectivity index (χ3v) is 2.23. The van der Waals surface area contributed by atoms with Crippen LogP contribution < -0.4 is 0 Å². The van der Waals surface area contributed by atoms with Gasteiger partial charge < -0.3 is 10.1 Å². The summed E-state index contributed by atoms with van der Waals surface area (Å²) in [5.41, 5.74) is 2.21. The van der Waals surface area contributed by atoms with Gasteiger partial charge in [0.2, 0.25) is 0 Å². The van der Waals surface area contributed by atoms with Gasteiger partial charge in [0.1, 0.15) is 5.69 Å². The molecule has 0 saturated heterocycles. The number of hydrogen-bond donors (Lipinski definition) is 2. The molecule has 0 spiro atoms. The maximum Gasteiger partial charge on any atom is 0.352 e. The molecule has 2 rings (SSSR count). The van der Waals surface area contributed by atoms with E-state index in [0.717, 1.165) is 5.56 Å². The van der Waals surface area contributed by atoms with E-state index in [9.17, 15) is 4.79 Å². The maximum atomic E-state index is 10.7. The van der Waals surface area contributed by atoms with Crippen LogP contribution in [0.4, 0.5) is 0 Å². The summed E-state index contributed by atoms with van der Waals surface area (Å²) in [5, 5.41) is 18.4. The molecule has 4 nitrogen and oxygen atoms in total. The largest absolute Gasteiger partial charge is 0.477 e. The van der Waals surface area contributed by atoms with Gasteiger partial charge in [0.05, 0.1) is 11.6 Å². The Morgan fingerprint density at radius 1 is 1.47 bits per heavy atom. The number of carboxylic acids is 1. The van der Waals surface area contributed by atoms with E-state index in [0.29, 0.717) is 16.5 Å². The van der Waals surface area contributed by atoms with Gasteiger partial charge in [0, 0.05) is 10.9 Å². The summed E-state index contributed by atoms with van der Waals surface area (Å²) in [6.45, 7) is 1.86. The van der Waals surface area contributed by atoms with Gasteiger partial charge >= 0.3 is 5.97 Å². The number of aromatic amines is 1. The van der Waals surface area contributed by atoms with Crippen LogP contribution in [-0.2, 0) is 0 Å². The number of carbonyl (C=O) groups is 1. The molecule has 4 heteroatoms. The van der Waals surface area contributed by atoms with Crippen molar-refractivity contribution < 1.29 is 9.90 Å². The van der Waals surface area contributed by atoms with E-state index in [1.165, 1.54) is 6.07 Å². The molecule has 0 radical (unpaired) electrons. The van der Waals surface area contributed by atoms with E-state index in [2.05, 4.69) is 11.1 Å². The molecular formula is C11H8N2O2. The Balaban J connectivity index is 2.81. The van der Waals surface area contributed by atoms with Crippen LogP contribution in [0.15, 0.2) is 18.2 Å². The van der Waals surface area contributed by atoms with E-state index in [1.807, 2.05) is 13.0 Å². The number of nitrogens with zero attached hydrogens (tertiary/aromatic N) is 1. The summed E-state index contributed by atoms with van der Waals surface area (Å²) in [5.74, 6) is -1.02. The van der Waals surface area contributed by atoms with Gasteiger partial charge in [0.15, 0.2) is 0 Å². The fourth-order valence-corrected chi connectivity index (χ4v) is 1.59. The lowest BCUT2D eigenvalue weighted by atomic mass is 10.1. The van der Waals surface area contributed by atoms with Crippen molar-refractivity contribution in [1.82, 2.24) is 4.98 Å². The van der Waals surface area contributed by atoms with Crippen molar-refractivity contribution in [3.63, 3.8) is 0 Å². The monoisotopic (exact) mass is 200 g/mol. The van der Waals surface area contributed by atoms with Crippen molar-refractivity contribution in [2.24, 2.45) is 0 Å². The van der Waals surface area contributed by atoms with Crippen LogP contribution in [0, 0.1) is 18.3 Å². The predicted molar refractivity (Wildman–Crippen MR) is 54.7 cm³/mol. The highest BCUT2D eigenvalue weighted by molar-refractivity contribution is 5.96. The molecule has 0 aliphatic heterocycles. The van der Waals surface area contributed by atoms with Gasteiger partial charge in [0.25, 0.3) is 0 Å². The van der Waals surface area contributed by atoms with E-state index in [4.69, 9.17) is 10.4 Å². The molecule has 0 fully saturated rings. The Labute approximate surface area is 85.8 Å². The molecule has 2 aromatic rings. The minimum Gasteiger partial charge on any atom is -0.477 e. The highest BCUT2D eigenvalue weighted by atomic mass is 16.4. The second kappa shape index (κ2) is 3.14. The summed E-state index contributed by atoms with van der Waals surface area (Å²) in [6, 6.07) is 7.09. The standard InChI is InChI=1S/C11H8N2O2/c1-6-2-7(5-12)8-4-10(11(14)15)13-9(8)3-6/h2-4,13H,1H3,(H,14,15). The fraction of sp³-hybridized carbons (Fsp3) is 0.0909. The third kappa shape index (κ3) is 1.44. The minimum absolute atomic E-state index is 0.104. The van der Waals surface area contributed by atoms with Crippen LogP contribution in [0.1, 0.15) is 21.6 Å². The van der Waals surface area contributed by atoms with Crippen LogP contribution in [0.2, 0.25) is 0 Å². The zero-order valence-corrected chi connectivity index (χ0v) is 8.03. The van der Waals surface area contributed by atoms with Gasteiger partial charge in [-0.15, -0.1) is 0 Å². The molecule has 0 saturated carbocycles. The maximum absolute atomic E-state index is 10.7. The van der Waals surface area contributed by atoms with Crippen LogP contribution in [0.5, 0.6) is 0 Å². The second-order valence-corrected chi connectivity index (χ2v) is 3.37. The molecule has 0 unspecified atom stereocenters. The molecule has 0 aliphatic carbocycles. The SMILES string of the molecule is Cc1cc(C#N)c2cc(C(=O)O)[nH]c2c1. The number of aromatic carboxylic acids is 1.